The second-order valence-corrected chi connectivity index (χ2v) is 2.36. The number of hydrogen-bond acceptors (Lipinski definition) is 4. The minimum Gasteiger partial charge on any atom is -0.481 e. The van der Waals surface area contributed by atoms with E-state index in [9.17, 15) is 9.59 Å². The van der Waals surface area contributed by atoms with E-state index in [0.717, 1.165) is 0 Å². The average molecular weight is 177 g/mol. The molecule has 0 rings (SSSR count). The van der Waals surface area contributed by atoms with Crippen molar-refractivity contribution in [3.63, 3.8) is 0 Å². The molecule has 0 unspecified atom stereocenters. The highest BCUT2D eigenvalue weighted by molar-refractivity contribution is 5.74. The number of rotatable bonds is 5. The Hall–Kier alpha value is -1.14. The molecule has 0 fully saturated rings. The van der Waals surface area contributed by atoms with Gasteiger partial charge >= 0.3 is 11.9 Å². The molecule has 0 aromatic heterocycles. The maximum atomic E-state index is 10.4. The van der Waals surface area contributed by atoms with Crippen LogP contribution in [-0.4, -0.2) is 45.5 Å². The van der Waals surface area contributed by atoms with Crippen LogP contribution in [0.15, 0.2) is 0 Å². The summed E-state index contributed by atoms with van der Waals surface area (Å²) in [5, 5.41) is 25.9. The van der Waals surface area contributed by atoms with Gasteiger partial charge in [-0.1, -0.05) is 0 Å². The highest BCUT2D eigenvalue weighted by Crippen LogP contribution is 2.02. The molecule has 0 saturated carbocycles. The van der Waals surface area contributed by atoms with Crippen LogP contribution in [-0.2, 0) is 9.59 Å². The van der Waals surface area contributed by atoms with E-state index in [1.165, 1.54) is 7.05 Å². The lowest BCUT2D eigenvalue weighted by atomic mass is 10.1. The van der Waals surface area contributed by atoms with Gasteiger partial charge in [-0.2, -0.15) is 5.06 Å². The van der Waals surface area contributed by atoms with Gasteiger partial charge in [0.1, 0.15) is 6.04 Å². The number of likely N-dealkylation sites (N-methyl/N-ethyl adjacent to an activating group) is 1. The molecule has 6 nitrogen and oxygen atoms in total. The Balaban J connectivity index is 3.97. The SMILES string of the molecule is CN(O)[C@@H](CCC(=O)O)C(=O)O. The van der Waals surface area contributed by atoms with Crippen molar-refractivity contribution in [1.29, 1.82) is 0 Å². The molecule has 0 spiro atoms. The Morgan fingerprint density at radius 1 is 1.42 bits per heavy atom. The third-order valence-corrected chi connectivity index (χ3v) is 1.37. The van der Waals surface area contributed by atoms with Crippen LogP contribution in [0.25, 0.3) is 0 Å². The predicted molar refractivity (Wildman–Crippen MR) is 37.8 cm³/mol. The van der Waals surface area contributed by atoms with Crippen LogP contribution >= 0.6 is 0 Å². The zero-order valence-electron chi connectivity index (χ0n) is 6.60. The van der Waals surface area contributed by atoms with E-state index in [-0.39, 0.29) is 12.8 Å². The molecule has 1 atom stereocenters. The monoisotopic (exact) mass is 177 g/mol. The van der Waals surface area contributed by atoms with Crippen molar-refractivity contribution in [2.75, 3.05) is 7.05 Å². The molecule has 3 N–H and O–H groups in total. The summed E-state index contributed by atoms with van der Waals surface area (Å²) < 4.78 is 0. The average Bonchev–Trinajstić information content (AvgIpc) is 1.84. The molecule has 12 heavy (non-hydrogen) atoms. The molecule has 0 aromatic rings. The zero-order valence-corrected chi connectivity index (χ0v) is 6.60. The van der Waals surface area contributed by atoms with Crippen molar-refractivity contribution in [3.8, 4) is 0 Å². The molecule has 0 aliphatic carbocycles. The fourth-order valence-electron chi connectivity index (χ4n) is 0.730. The fraction of sp³-hybridized carbons (Fsp3) is 0.667. The number of carboxylic acids is 2. The molecule has 0 amide bonds. The molecule has 0 bridgehead atoms. The van der Waals surface area contributed by atoms with Crippen LogP contribution in [0, 0.1) is 0 Å². The van der Waals surface area contributed by atoms with E-state index in [4.69, 9.17) is 15.4 Å². The van der Waals surface area contributed by atoms with Gasteiger partial charge in [-0.05, 0) is 6.42 Å². The van der Waals surface area contributed by atoms with Gasteiger partial charge in [0.25, 0.3) is 0 Å². The second kappa shape index (κ2) is 4.68. The molecule has 0 heterocycles. The second-order valence-electron chi connectivity index (χ2n) is 2.36. The Labute approximate surface area is 69.0 Å². The lowest BCUT2D eigenvalue weighted by Crippen LogP contribution is -2.36. The van der Waals surface area contributed by atoms with Crippen molar-refractivity contribution in [3.05, 3.63) is 0 Å². The first-order valence-corrected chi connectivity index (χ1v) is 3.31. The first kappa shape index (κ1) is 10.9. The number of hydrogen-bond donors (Lipinski definition) is 3. The van der Waals surface area contributed by atoms with E-state index in [2.05, 4.69) is 0 Å². The lowest BCUT2D eigenvalue weighted by Gasteiger charge is -2.16. The summed E-state index contributed by atoms with van der Waals surface area (Å²) in [6.45, 7) is 0. The summed E-state index contributed by atoms with van der Waals surface area (Å²) in [6, 6.07) is -1.15. The number of carboxylic acid groups (broad SMARTS) is 2. The number of aliphatic carboxylic acids is 2. The van der Waals surface area contributed by atoms with Gasteiger partial charge in [0.15, 0.2) is 0 Å². The maximum Gasteiger partial charge on any atom is 0.323 e. The molecule has 0 aliphatic rings. The van der Waals surface area contributed by atoms with E-state index in [1.807, 2.05) is 0 Å². The van der Waals surface area contributed by atoms with Crippen LogP contribution < -0.4 is 0 Å². The lowest BCUT2D eigenvalue weighted by molar-refractivity contribution is -0.164. The first-order chi connectivity index (χ1) is 5.45. The van der Waals surface area contributed by atoms with Crippen molar-refractivity contribution >= 4 is 11.9 Å². The van der Waals surface area contributed by atoms with Crippen molar-refractivity contribution in [2.24, 2.45) is 0 Å². The zero-order chi connectivity index (χ0) is 9.72. The molecule has 0 saturated heterocycles. The summed E-state index contributed by atoms with van der Waals surface area (Å²) in [4.78, 5) is 20.4. The standard InChI is InChI=1S/C6H11NO5/c1-7(12)4(6(10)11)2-3-5(8)9/h4,12H,2-3H2,1H3,(H,8,9)(H,10,11)/t4-/m0/s1. The molecular weight excluding hydrogens is 166 g/mol. The third kappa shape index (κ3) is 3.89. The molecule has 6 heteroatoms. The van der Waals surface area contributed by atoms with Crippen molar-refractivity contribution in [1.82, 2.24) is 5.06 Å². The largest absolute Gasteiger partial charge is 0.481 e. The summed E-state index contributed by atoms with van der Waals surface area (Å²) in [6.07, 6.45) is -0.389. The summed E-state index contributed by atoms with van der Waals surface area (Å²) in [7, 11) is 1.17. The van der Waals surface area contributed by atoms with Crippen molar-refractivity contribution < 1.29 is 25.0 Å². The van der Waals surface area contributed by atoms with Gasteiger partial charge in [0.2, 0.25) is 0 Å². The molecule has 0 aliphatic heterocycles. The normalized spacial score (nSPS) is 12.9. The summed E-state index contributed by atoms with van der Waals surface area (Å²) in [5.74, 6) is -2.32. The highest BCUT2D eigenvalue weighted by Gasteiger charge is 2.21. The van der Waals surface area contributed by atoms with Crippen molar-refractivity contribution in [2.45, 2.75) is 18.9 Å². The van der Waals surface area contributed by atoms with E-state index >= 15 is 0 Å². The Kier molecular flexibility index (Phi) is 4.24. The minimum atomic E-state index is -1.23. The van der Waals surface area contributed by atoms with Gasteiger partial charge in [-0.25, -0.2) is 0 Å². The summed E-state index contributed by atoms with van der Waals surface area (Å²) in [5.41, 5.74) is 0. The van der Waals surface area contributed by atoms with Crippen LogP contribution in [0.4, 0.5) is 0 Å². The molecular formula is C6H11NO5. The quantitative estimate of drug-likeness (QED) is 0.495. The molecule has 0 aromatic carbocycles. The molecule has 0 radical (unpaired) electrons. The van der Waals surface area contributed by atoms with Crippen LogP contribution in [0.1, 0.15) is 12.8 Å². The van der Waals surface area contributed by atoms with Gasteiger partial charge in [-0.3, -0.25) is 9.59 Å². The smallest absolute Gasteiger partial charge is 0.323 e. The number of carbonyl (C=O) groups is 2. The van der Waals surface area contributed by atoms with E-state index < -0.39 is 18.0 Å². The van der Waals surface area contributed by atoms with Crippen LogP contribution in [0.2, 0.25) is 0 Å². The Morgan fingerprint density at radius 2 is 1.92 bits per heavy atom. The third-order valence-electron chi connectivity index (χ3n) is 1.37. The number of hydroxylamine groups is 2. The van der Waals surface area contributed by atoms with Gasteiger partial charge in [-0.15, -0.1) is 0 Å². The Bertz CT molecular complexity index is 179. The van der Waals surface area contributed by atoms with E-state index in [0.29, 0.717) is 5.06 Å². The van der Waals surface area contributed by atoms with Crippen LogP contribution in [0.3, 0.4) is 0 Å². The molecule has 70 valence electrons. The van der Waals surface area contributed by atoms with Gasteiger partial charge < -0.3 is 15.4 Å². The fourth-order valence-corrected chi connectivity index (χ4v) is 0.730. The minimum absolute atomic E-state index is 0.113. The highest BCUT2D eigenvalue weighted by atomic mass is 16.5. The van der Waals surface area contributed by atoms with E-state index in [1.54, 1.807) is 0 Å². The van der Waals surface area contributed by atoms with Crippen LogP contribution in [0.5, 0.6) is 0 Å². The maximum absolute atomic E-state index is 10.4. The number of nitrogens with zero attached hydrogens (tertiary/aromatic N) is 1. The predicted octanol–water partition coefficient (Wildman–Crippen LogP) is -0.375. The Morgan fingerprint density at radius 3 is 2.17 bits per heavy atom. The van der Waals surface area contributed by atoms with Gasteiger partial charge in [0, 0.05) is 13.5 Å². The van der Waals surface area contributed by atoms with Gasteiger partial charge in [0.05, 0.1) is 0 Å². The topological polar surface area (TPSA) is 98.1 Å². The first-order valence-electron chi connectivity index (χ1n) is 3.31. The summed E-state index contributed by atoms with van der Waals surface area (Å²) >= 11 is 0.